The first-order chi connectivity index (χ1) is 12.2. The van der Waals surface area contributed by atoms with E-state index in [2.05, 4.69) is 10.2 Å². The lowest BCUT2D eigenvalue weighted by atomic mass is 10.00. The summed E-state index contributed by atoms with van der Waals surface area (Å²) in [4.78, 5) is 14.5. The third-order valence-electron chi connectivity index (χ3n) is 5.45. The number of ether oxygens (including phenoxy) is 1. The van der Waals surface area contributed by atoms with Gasteiger partial charge >= 0.3 is 0 Å². The third-order valence-corrected chi connectivity index (χ3v) is 5.45. The SMILES string of the molecule is Cl.Cl.N[C@@H]1CCC[C@H]1CC(=O)NCc1ccc(OCCN2CCCC2)cc1. The van der Waals surface area contributed by atoms with E-state index in [0.717, 1.165) is 43.7 Å². The van der Waals surface area contributed by atoms with E-state index in [1.165, 1.54) is 25.9 Å². The molecule has 1 aliphatic carbocycles. The second kappa shape index (κ2) is 12.4. The van der Waals surface area contributed by atoms with Crippen LogP contribution in [-0.2, 0) is 11.3 Å². The molecule has 3 rings (SSSR count). The van der Waals surface area contributed by atoms with Crippen LogP contribution in [0, 0.1) is 5.92 Å². The van der Waals surface area contributed by atoms with Gasteiger partial charge in [-0.05, 0) is 62.4 Å². The lowest BCUT2D eigenvalue weighted by molar-refractivity contribution is -0.122. The molecule has 0 aromatic heterocycles. The number of hydrogen-bond donors (Lipinski definition) is 2. The summed E-state index contributed by atoms with van der Waals surface area (Å²) < 4.78 is 5.81. The maximum atomic E-state index is 12.1. The van der Waals surface area contributed by atoms with Crippen LogP contribution in [0.4, 0.5) is 0 Å². The fourth-order valence-electron chi connectivity index (χ4n) is 3.83. The smallest absolute Gasteiger partial charge is 0.220 e. The summed E-state index contributed by atoms with van der Waals surface area (Å²) in [6.45, 7) is 4.70. The molecule has 1 aromatic carbocycles. The van der Waals surface area contributed by atoms with E-state index in [1.54, 1.807) is 0 Å². The largest absolute Gasteiger partial charge is 0.492 e. The number of benzene rings is 1. The lowest BCUT2D eigenvalue weighted by Gasteiger charge is -2.15. The van der Waals surface area contributed by atoms with E-state index < -0.39 is 0 Å². The van der Waals surface area contributed by atoms with Crippen molar-refractivity contribution in [3.63, 3.8) is 0 Å². The van der Waals surface area contributed by atoms with Gasteiger partial charge in [0.1, 0.15) is 12.4 Å². The molecule has 0 unspecified atom stereocenters. The molecule has 27 heavy (non-hydrogen) atoms. The zero-order valence-electron chi connectivity index (χ0n) is 15.9. The number of nitrogens with two attached hydrogens (primary N) is 1. The van der Waals surface area contributed by atoms with Crippen molar-refractivity contribution in [3.05, 3.63) is 29.8 Å². The van der Waals surface area contributed by atoms with Crippen molar-refractivity contribution >= 4 is 30.7 Å². The topological polar surface area (TPSA) is 67.6 Å². The molecule has 1 aromatic rings. The van der Waals surface area contributed by atoms with Crippen LogP contribution in [0.2, 0.25) is 0 Å². The van der Waals surface area contributed by atoms with Crippen molar-refractivity contribution < 1.29 is 9.53 Å². The van der Waals surface area contributed by atoms with Gasteiger partial charge in [-0.3, -0.25) is 9.69 Å². The monoisotopic (exact) mass is 417 g/mol. The predicted octanol–water partition coefficient (Wildman–Crippen LogP) is 3.14. The highest BCUT2D eigenvalue weighted by Gasteiger charge is 2.25. The normalized spacial score (nSPS) is 22.0. The van der Waals surface area contributed by atoms with Crippen LogP contribution in [-0.4, -0.2) is 43.1 Å². The molecular weight excluding hydrogens is 385 g/mol. The third kappa shape index (κ3) is 7.86. The minimum absolute atomic E-state index is 0. The second-order valence-electron chi connectivity index (χ2n) is 7.38. The first-order valence-electron chi connectivity index (χ1n) is 9.67. The molecule has 2 aliphatic rings. The number of rotatable bonds is 8. The predicted molar refractivity (Wildman–Crippen MR) is 114 cm³/mol. The van der Waals surface area contributed by atoms with Crippen LogP contribution < -0.4 is 15.8 Å². The lowest BCUT2D eigenvalue weighted by Crippen LogP contribution is -2.31. The zero-order valence-corrected chi connectivity index (χ0v) is 17.5. The van der Waals surface area contributed by atoms with Crippen LogP contribution in [0.15, 0.2) is 24.3 Å². The summed E-state index contributed by atoms with van der Waals surface area (Å²) >= 11 is 0. The van der Waals surface area contributed by atoms with Gasteiger partial charge in [0.05, 0.1) is 0 Å². The van der Waals surface area contributed by atoms with E-state index in [-0.39, 0.29) is 36.8 Å². The Balaban J connectivity index is 0.00000182. The first-order valence-corrected chi connectivity index (χ1v) is 9.67. The van der Waals surface area contributed by atoms with Crippen LogP contribution in [0.5, 0.6) is 5.75 Å². The number of amides is 1. The number of nitrogens with zero attached hydrogens (tertiary/aromatic N) is 1. The summed E-state index contributed by atoms with van der Waals surface area (Å²) in [7, 11) is 0. The second-order valence-corrected chi connectivity index (χ2v) is 7.38. The standard InChI is InChI=1S/C20H31N3O2.2ClH/c21-19-5-3-4-17(19)14-20(24)22-15-16-6-8-18(9-7-16)25-13-12-23-10-1-2-11-23;;/h6-9,17,19H,1-5,10-15,21H2,(H,22,24);2*1H/t17-,19+;;/m0../s1. The molecule has 2 atom stereocenters. The van der Waals surface area contributed by atoms with Gasteiger partial charge in [-0.1, -0.05) is 18.6 Å². The molecule has 0 radical (unpaired) electrons. The molecule has 1 saturated carbocycles. The summed E-state index contributed by atoms with van der Waals surface area (Å²) in [5, 5.41) is 3.00. The molecule has 0 spiro atoms. The average Bonchev–Trinajstić information content (AvgIpc) is 3.27. The van der Waals surface area contributed by atoms with Gasteiger partial charge in [-0.25, -0.2) is 0 Å². The van der Waals surface area contributed by atoms with E-state index in [9.17, 15) is 4.79 Å². The quantitative estimate of drug-likeness (QED) is 0.681. The number of halogens is 2. The van der Waals surface area contributed by atoms with Crippen molar-refractivity contribution in [1.29, 1.82) is 0 Å². The summed E-state index contributed by atoms with van der Waals surface area (Å²) in [5.74, 6) is 1.35. The Hall–Kier alpha value is -1.01. The van der Waals surface area contributed by atoms with Gasteiger partial charge in [-0.15, -0.1) is 24.8 Å². The highest BCUT2D eigenvalue weighted by Crippen LogP contribution is 2.26. The summed E-state index contributed by atoms with van der Waals surface area (Å²) in [6.07, 6.45) is 6.46. The molecular formula is C20H33Cl2N3O2. The molecule has 1 amide bonds. The minimum atomic E-state index is 0. The number of hydrogen-bond acceptors (Lipinski definition) is 4. The molecule has 1 heterocycles. The number of likely N-dealkylation sites (tertiary alicyclic amines) is 1. The van der Waals surface area contributed by atoms with Crippen molar-refractivity contribution in [1.82, 2.24) is 10.2 Å². The fourth-order valence-corrected chi connectivity index (χ4v) is 3.83. The Morgan fingerprint density at radius 1 is 1.11 bits per heavy atom. The molecule has 154 valence electrons. The average molecular weight is 418 g/mol. The molecule has 1 aliphatic heterocycles. The first kappa shape index (κ1) is 24.0. The summed E-state index contributed by atoms with van der Waals surface area (Å²) in [6, 6.07) is 8.21. The number of carbonyl (C=O) groups excluding carboxylic acids is 1. The van der Waals surface area contributed by atoms with Crippen molar-refractivity contribution in [3.8, 4) is 5.75 Å². The van der Waals surface area contributed by atoms with Gasteiger partial charge in [0.15, 0.2) is 0 Å². The van der Waals surface area contributed by atoms with Gasteiger partial charge in [0.25, 0.3) is 0 Å². The van der Waals surface area contributed by atoms with Crippen LogP contribution >= 0.6 is 24.8 Å². The van der Waals surface area contributed by atoms with Crippen LogP contribution in [0.1, 0.15) is 44.1 Å². The van der Waals surface area contributed by atoms with Crippen LogP contribution in [0.3, 0.4) is 0 Å². The Kier molecular flexibility index (Phi) is 11.1. The van der Waals surface area contributed by atoms with E-state index in [1.807, 2.05) is 24.3 Å². The fraction of sp³-hybridized carbons (Fsp3) is 0.650. The number of carbonyl (C=O) groups is 1. The molecule has 3 N–H and O–H groups in total. The maximum Gasteiger partial charge on any atom is 0.220 e. The van der Waals surface area contributed by atoms with Crippen molar-refractivity contribution in [2.45, 2.75) is 51.1 Å². The van der Waals surface area contributed by atoms with Crippen LogP contribution in [0.25, 0.3) is 0 Å². The van der Waals surface area contributed by atoms with Gasteiger partial charge in [-0.2, -0.15) is 0 Å². The maximum absolute atomic E-state index is 12.1. The van der Waals surface area contributed by atoms with Gasteiger partial charge in [0, 0.05) is 25.6 Å². The number of nitrogens with one attached hydrogen (secondary N) is 1. The Bertz CT molecular complexity index is 551. The molecule has 5 nitrogen and oxygen atoms in total. The van der Waals surface area contributed by atoms with E-state index in [4.69, 9.17) is 10.5 Å². The minimum Gasteiger partial charge on any atom is -0.492 e. The summed E-state index contributed by atoms with van der Waals surface area (Å²) in [5.41, 5.74) is 7.13. The molecule has 2 fully saturated rings. The molecule has 1 saturated heterocycles. The van der Waals surface area contributed by atoms with E-state index >= 15 is 0 Å². The van der Waals surface area contributed by atoms with Crippen molar-refractivity contribution in [2.75, 3.05) is 26.2 Å². The Morgan fingerprint density at radius 3 is 2.44 bits per heavy atom. The van der Waals surface area contributed by atoms with Gasteiger partial charge in [0.2, 0.25) is 5.91 Å². The Morgan fingerprint density at radius 2 is 1.81 bits per heavy atom. The van der Waals surface area contributed by atoms with E-state index in [0.29, 0.717) is 18.9 Å². The zero-order chi connectivity index (χ0) is 17.5. The molecule has 0 bridgehead atoms. The Labute approximate surface area is 175 Å². The highest BCUT2D eigenvalue weighted by molar-refractivity contribution is 5.85. The van der Waals surface area contributed by atoms with Gasteiger partial charge < -0.3 is 15.8 Å². The highest BCUT2D eigenvalue weighted by atomic mass is 35.5. The van der Waals surface area contributed by atoms with Crippen molar-refractivity contribution in [2.24, 2.45) is 11.7 Å². The molecule has 7 heteroatoms.